The van der Waals surface area contributed by atoms with Crippen molar-refractivity contribution in [1.82, 2.24) is 19.5 Å². The summed E-state index contributed by atoms with van der Waals surface area (Å²) in [5.74, 6) is 0.188. The van der Waals surface area contributed by atoms with Crippen molar-refractivity contribution >= 4 is 41.6 Å². The third kappa shape index (κ3) is 8.42. The maximum Gasteiger partial charge on any atom is 0.356 e. The van der Waals surface area contributed by atoms with Gasteiger partial charge in [-0.25, -0.2) is 9.37 Å². The number of halogens is 1. The maximum atomic E-state index is 14.2. The molecule has 0 fully saturated rings. The fourth-order valence-corrected chi connectivity index (χ4v) is 5.96. The minimum Gasteiger partial charge on any atom is -0.496 e. The first-order valence-corrected chi connectivity index (χ1v) is 15.6. The zero-order chi connectivity index (χ0) is 31.0. The normalized spacial score (nSPS) is 12.7. The molecule has 3 N–H and O–H groups in total. The first-order valence-electron chi connectivity index (χ1n) is 12.9. The molecule has 2 heterocycles. The number of nitrogen functional groups attached to an aromatic ring is 1. The van der Waals surface area contributed by atoms with Crippen LogP contribution in [0.25, 0.3) is 11.2 Å². The second-order valence-corrected chi connectivity index (χ2v) is 12.2. The molecule has 0 aliphatic rings. The van der Waals surface area contributed by atoms with E-state index in [2.05, 4.69) is 15.0 Å². The summed E-state index contributed by atoms with van der Waals surface area (Å²) in [7, 11) is -0.997. The fraction of sp³-hybridized carbons (Fsp3) is 0.333. The topological polar surface area (TPSA) is 170 Å². The number of thioether (sulfide) groups is 1. The minimum absolute atomic E-state index is 0.0379. The smallest absolute Gasteiger partial charge is 0.356 e. The highest BCUT2D eigenvalue weighted by Crippen LogP contribution is 2.49. The molecule has 2 aromatic heterocycles. The van der Waals surface area contributed by atoms with Crippen LogP contribution in [0.1, 0.15) is 21.5 Å². The third-order valence-corrected chi connectivity index (χ3v) is 8.58. The highest BCUT2D eigenvalue weighted by Gasteiger charge is 2.26. The first-order chi connectivity index (χ1) is 20.6. The molecule has 1 unspecified atom stereocenters. The number of rotatable bonds is 15. The van der Waals surface area contributed by atoms with Crippen LogP contribution in [-0.2, 0) is 31.5 Å². The SMILES string of the molecule is COc1cc(C(=O)SCCOP(=O)(COCCn2cnc3c(=O)[nH]c(N)nc32)OCc2ccc(OC)c(F)c2)ccc1C. The number of H-pyrrole nitrogens is 1. The van der Waals surface area contributed by atoms with E-state index < -0.39 is 25.3 Å². The molecule has 0 aliphatic carbocycles. The number of hydrogen-bond donors (Lipinski definition) is 2. The summed E-state index contributed by atoms with van der Waals surface area (Å²) in [5, 5.41) is -0.205. The van der Waals surface area contributed by atoms with Gasteiger partial charge in [0, 0.05) is 17.9 Å². The molecule has 4 rings (SSSR count). The van der Waals surface area contributed by atoms with E-state index in [1.165, 1.54) is 32.7 Å². The molecule has 43 heavy (non-hydrogen) atoms. The zero-order valence-corrected chi connectivity index (χ0v) is 25.4. The molecule has 4 aromatic rings. The molecule has 230 valence electrons. The van der Waals surface area contributed by atoms with Crippen molar-refractivity contribution in [2.45, 2.75) is 20.1 Å². The number of nitrogens with two attached hydrogens (primary N) is 1. The van der Waals surface area contributed by atoms with Crippen LogP contribution in [0.2, 0.25) is 0 Å². The number of fused-ring (bicyclic) bond motifs is 1. The number of ether oxygens (including phenoxy) is 3. The Hall–Kier alpha value is -3.75. The number of imidazole rings is 1. The van der Waals surface area contributed by atoms with E-state index >= 15 is 0 Å². The first kappa shape index (κ1) is 32.2. The van der Waals surface area contributed by atoms with Crippen LogP contribution in [-0.4, -0.2) is 64.2 Å². The molecule has 16 heteroatoms. The number of benzene rings is 2. The van der Waals surface area contributed by atoms with E-state index in [1.807, 2.05) is 6.92 Å². The molecule has 13 nitrogen and oxygen atoms in total. The van der Waals surface area contributed by atoms with Gasteiger partial charge in [0.2, 0.25) is 11.1 Å². The number of carbonyl (C=O) groups excluding carboxylic acids is 1. The molecule has 0 saturated carbocycles. The second kappa shape index (κ2) is 14.6. The lowest BCUT2D eigenvalue weighted by Crippen LogP contribution is -2.13. The number of methoxy groups -OCH3 is 2. The molecule has 0 amide bonds. The van der Waals surface area contributed by atoms with Crippen LogP contribution < -0.4 is 20.8 Å². The van der Waals surface area contributed by atoms with Crippen molar-refractivity contribution in [3.8, 4) is 11.5 Å². The lowest BCUT2D eigenvalue weighted by molar-refractivity contribution is 0.108. The van der Waals surface area contributed by atoms with Gasteiger partial charge in [-0.3, -0.25) is 19.1 Å². The molecule has 2 aromatic carbocycles. The minimum atomic E-state index is -3.88. The van der Waals surface area contributed by atoms with Crippen LogP contribution in [0, 0.1) is 12.7 Å². The Morgan fingerprint density at radius 2 is 1.91 bits per heavy atom. The van der Waals surface area contributed by atoms with Gasteiger partial charge in [0.1, 0.15) is 12.1 Å². The number of hydrogen-bond acceptors (Lipinski definition) is 12. The number of aryl methyl sites for hydroxylation is 1. The van der Waals surface area contributed by atoms with Crippen LogP contribution in [0.3, 0.4) is 0 Å². The summed E-state index contributed by atoms with van der Waals surface area (Å²) in [6.45, 7) is 1.81. The van der Waals surface area contributed by atoms with Gasteiger partial charge < -0.3 is 33.6 Å². The van der Waals surface area contributed by atoms with Gasteiger partial charge in [0.25, 0.3) is 5.56 Å². The van der Waals surface area contributed by atoms with E-state index in [9.17, 15) is 18.5 Å². The zero-order valence-electron chi connectivity index (χ0n) is 23.7. The molecule has 0 spiro atoms. The summed E-state index contributed by atoms with van der Waals surface area (Å²) in [6.07, 6.45) is 0.987. The molecule has 1 atom stereocenters. The van der Waals surface area contributed by atoms with E-state index in [0.29, 0.717) is 16.9 Å². The average Bonchev–Trinajstić information content (AvgIpc) is 3.39. The Morgan fingerprint density at radius 1 is 1.12 bits per heavy atom. The van der Waals surface area contributed by atoms with Crippen LogP contribution in [0.4, 0.5) is 10.3 Å². The van der Waals surface area contributed by atoms with Gasteiger partial charge in [0.05, 0.1) is 40.4 Å². The largest absolute Gasteiger partial charge is 0.496 e. The lowest BCUT2D eigenvalue weighted by Gasteiger charge is -2.19. The van der Waals surface area contributed by atoms with Crippen molar-refractivity contribution in [2.24, 2.45) is 0 Å². The Balaban J connectivity index is 1.36. The van der Waals surface area contributed by atoms with Gasteiger partial charge in [-0.2, -0.15) is 4.98 Å². The van der Waals surface area contributed by atoms with E-state index in [-0.39, 0.29) is 60.1 Å². The van der Waals surface area contributed by atoms with E-state index in [1.54, 1.807) is 28.8 Å². The van der Waals surface area contributed by atoms with E-state index in [4.69, 9.17) is 29.0 Å². The van der Waals surface area contributed by atoms with Crippen molar-refractivity contribution in [3.05, 3.63) is 75.6 Å². The van der Waals surface area contributed by atoms with Crippen LogP contribution >= 0.6 is 19.4 Å². The lowest BCUT2D eigenvalue weighted by atomic mass is 10.1. The van der Waals surface area contributed by atoms with Crippen molar-refractivity contribution in [1.29, 1.82) is 0 Å². The van der Waals surface area contributed by atoms with Crippen LogP contribution in [0.5, 0.6) is 11.5 Å². The van der Waals surface area contributed by atoms with Crippen molar-refractivity contribution in [3.63, 3.8) is 0 Å². The molecule has 0 radical (unpaired) electrons. The molecule has 0 aliphatic heterocycles. The summed E-state index contributed by atoms with van der Waals surface area (Å²) in [5.41, 5.74) is 7.32. The molecule has 0 bridgehead atoms. The van der Waals surface area contributed by atoms with Gasteiger partial charge in [-0.15, -0.1) is 0 Å². The van der Waals surface area contributed by atoms with Gasteiger partial charge in [0.15, 0.2) is 22.7 Å². The predicted molar refractivity (Wildman–Crippen MR) is 159 cm³/mol. The van der Waals surface area contributed by atoms with E-state index in [0.717, 1.165) is 17.3 Å². The maximum absolute atomic E-state index is 14.2. The van der Waals surface area contributed by atoms with Gasteiger partial charge in [-0.05, 0) is 42.3 Å². The Kier molecular flexibility index (Phi) is 10.9. The standard InChI is InChI=1S/C27H31FN5O8PS/c1-17-4-6-19(13-22(17)38-3)26(35)43-11-10-40-42(36,41-14-18-5-7-21(37-2)20(28)12-18)16-39-9-8-33-15-30-23-24(33)31-27(29)32-25(23)34/h4-7,12-13,15H,8-11,14,16H2,1-3H3,(H3,29,31,32,34). The molecular weight excluding hydrogens is 604 g/mol. The van der Waals surface area contributed by atoms with Gasteiger partial charge in [-0.1, -0.05) is 23.9 Å². The molecular formula is C27H31FN5O8PS. The number of carbonyl (C=O) groups is 1. The summed E-state index contributed by atoms with van der Waals surface area (Å²) >= 11 is 0.990. The van der Waals surface area contributed by atoms with Crippen LogP contribution in [0.15, 0.2) is 47.5 Å². The average molecular weight is 636 g/mol. The predicted octanol–water partition coefficient (Wildman–Crippen LogP) is 4.14. The number of anilines is 1. The Labute approximate surface area is 250 Å². The number of nitrogens with zero attached hydrogens (tertiary/aromatic N) is 3. The third-order valence-electron chi connectivity index (χ3n) is 6.11. The number of aromatic amines is 1. The fourth-order valence-electron chi connectivity index (χ4n) is 3.90. The Bertz CT molecular complexity index is 1700. The van der Waals surface area contributed by atoms with Gasteiger partial charge >= 0.3 is 7.60 Å². The highest BCUT2D eigenvalue weighted by atomic mass is 32.2. The summed E-state index contributed by atoms with van der Waals surface area (Å²) < 4.78 is 56.4. The highest BCUT2D eigenvalue weighted by molar-refractivity contribution is 8.14. The molecule has 0 saturated heterocycles. The summed E-state index contributed by atoms with van der Waals surface area (Å²) in [6, 6.07) is 9.36. The quantitative estimate of drug-likeness (QED) is 0.142. The number of nitrogens with one attached hydrogen (secondary N) is 1. The number of aromatic nitrogens is 4. The van der Waals surface area contributed by atoms with Crippen molar-refractivity contribution < 1.29 is 37.0 Å². The monoisotopic (exact) mass is 635 g/mol. The second-order valence-electron chi connectivity index (χ2n) is 9.11. The van der Waals surface area contributed by atoms with Crippen molar-refractivity contribution in [2.75, 3.05) is 45.3 Å². The summed E-state index contributed by atoms with van der Waals surface area (Å²) in [4.78, 5) is 35.1. The Morgan fingerprint density at radius 3 is 2.65 bits per heavy atom.